The molecule has 3 N–H and O–H groups in total. The van der Waals surface area contributed by atoms with Crippen LogP contribution in [0.4, 0.5) is 11.4 Å². The lowest BCUT2D eigenvalue weighted by Gasteiger charge is -2.15. The first-order chi connectivity index (χ1) is 7.74. The third-order valence-corrected chi connectivity index (χ3v) is 2.34. The van der Waals surface area contributed by atoms with E-state index >= 15 is 0 Å². The molecule has 0 aliphatic rings. The SMILES string of the molecule is CC(Cn1ccnc1)Nc1cccc(N)c1. The number of nitrogen functional groups attached to an aromatic ring is 1. The molecule has 1 aromatic heterocycles. The fraction of sp³-hybridized carbons (Fsp3) is 0.250. The fourth-order valence-corrected chi connectivity index (χ4v) is 1.67. The van der Waals surface area contributed by atoms with E-state index in [1.54, 1.807) is 6.20 Å². The van der Waals surface area contributed by atoms with Crippen LogP contribution in [0.5, 0.6) is 0 Å². The molecule has 1 atom stereocenters. The molecule has 0 radical (unpaired) electrons. The van der Waals surface area contributed by atoms with Gasteiger partial charge in [0.05, 0.1) is 6.33 Å². The van der Waals surface area contributed by atoms with Gasteiger partial charge in [0.25, 0.3) is 0 Å². The first-order valence-electron chi connectivity index (χ1n) is 5.32. The Hall–Kier alpha value is -1.97. The Labute approximate surface area is 95.1 Å². The smallest absolute Gasteiger partial charge is 0.0946 e. The van der Waals surface area contributed by atoms with Gasteiger partial charge in [-0.2, -0.15) is 0 Å². The van der Waals surface area contributed by atoms with E-state index in [0.29, 0.717) is 6.04 Å². The van der Waals surface area contributed by atoms with Crippen LogP contribution in [0.15, 0.2) is 43.0 Å². The van der Waals surface area contributed by atoms with E-state index < -0.39 is 0 Å². The van der Waals surface area contributed by atoms with Crippen molar-refractivity contribution in [2.75, 3.05) is 11.1 Å². The predicted octanol–water partition coefficient (Wildman–Crippen LogP) is 1.97. The molecule has 0 fully saturated rings. The number of anilines is 2. The molecule has 2 aromatic rings. The molecular weight excluding hydrogens is 200 g/mol. The minimum atomic E-state index is 0.330. The maximum atomic E-state index is 5.72. The average Bonchev–Trinajstić information content (AvgIpc) is 2.70. The van der Waals surface area contributed by atoms with E-state index in [1.165, 1.54) is 0 Å². The van der Waals surface area contributed by atoms with Gasteiger partial charge in [0.2, 0.25) is 0 Å². The summed E-state index contributed by atoms with van der Waals surface area (Å²) in [5, 5.41) is 3.39. The number of aromatic nitrogens is 2. The topological polar surface area (TPSA) is 55.9 Å². The number of imidazole rings is 1. The van der Waals surface area contributed by atoms with Crippen molar-refractivity contribution in [1.29, 1.82) is 0 Å². The minimum absolute atomic E-state index is 0.330. The molecule has 0 saturated carbocycles. The van der Waals surface area contributed by atoms with Gasteiger partial charge >= 0.3 is 0 Å². The molecule has 2 rings (SSSR count). The van der Waals surface area contributed by atoms with Gasteiger partial charge in [-0.25, -0.2) is 4.98 Å². The lowest BCUT2D eigenvalue weighted by atomic mass is 10.2. The Kier molecular flexibility index (Phi) is 3.10. The molecule has 0 aliphatic heterocycles. The number of benzene rings is 1. The maximum Gasteiger partial charge on any atom is 0.0946 e. The summed E-state index contributed by atoms with van der Waals surface area (Å²) in [4.78, 5) is 4.01. The monoisotopic (exact) mass is 216 g/mol. The Morgan fingerprint density at radius 3 is 3.06 bits per heavy atom. The molecule has 0 amide bonds. The summed E-state index contributed by atoms with van der Waals surface area (Å²) < 4.78 is 2.05. The zero-order valence-electron chi connectivity index (χ0n) is 9.30. The Balaban J connectivity index is 1.94. The third kappa shape index (κ3) is 2.76. The van der Waals surface area contributed by atoms with Gasteiger partial charge in [0, 0.05) is 36.4 Å². The summed E-state index contributed by atoms with van der Waals surface area (Å²) in [7, 11) is 0. The molecule has 16 heavy (non-hydrogen) atoms. The van der Waals surface area contributed by atoms with E-state index in [4.69, 9.17) is 5.73 Å². The lowest BCUT2D eigenvalue weighted by Crippen LogP contribution is -2.21. The Bertz CT molecular complexity index is 436. The number of rotatable bonds is 4. The average molecular weight is 216 g/mol. The highest BCUT2D eigenvalue weighted by Crippen LogP contribution is 2.13. The van der Waals surface area contributed by atoms with Crippen molar-refractivity contribution in [3.8, 4) is 0 Å². The fourth-order valence-electron chi connectivity index (χ4n) is 1.67. The van der Waals surface area contributed by atoms with Gasteiger partial charge in [-0.1, -0.05) is 6.07 Å². The molecule has 4 heteroatoms. The van der Waals surface area contributed by atoms with Gasteiger partial charge < -0.3 is 15.6 Å². The molecule has 4 nitrogen and oxygen atoms in total. The molecule has 0 aliphatic carbocycles. The van der Waals surface area contributed by atoms with Crippen LogP contribution in [0.3, 0.4) is 0 Å². The van der Waals surface area contributed by atoms with Crippen molar-refractivity contribution < 1.29 is 0 Å². The largest absolute Gasteiger partial charge is 0.399 e. The number of nitrogens with zero attached hydrogens (tertiary/aromatic N) is 2. The number of nitrogens with one attached hydrogen (secondary N) is 1. The Morgan fingerprint density at radius 2 is 2.38 bits per heavy atom. The molecular formula is C12H16N4. The second kappa shape index (κ2) is 4.70. The molecule has 1 aromatic carbocycles. The summed E-state index contributed by atoms with van der Waals surface area (Å²) in [6.45, 7) is 3.01. The molecule has 0 saturated heterocycles. The number of hydrogen-bond donors (Lipinski definition) is 2. The number of nitrogens with two attached hydrogens (primary N) is 1. The van der Waals surface area contributed by atoms with Crippen molar-refractivity contribution in [2.45, 2.75) is 19.5 Å². The first kappa shape index (κ1) is 10.5. The van der Waals surface area contributed by atoms with Crippen LogP contribution in [-0.4, -0.2) is 15.6 Å². The third-order valence-electron chi connectivity index (χ3n) is 2.34. The highest BCUT2D eigenvalue weighted by molar-refractivity contribution is 5.54. The standard InChI is InChI=1S/C12H16N4/c1-10(8-16-6-5-14-9-16)15-12-4-2-3-11(13)7-12/h2-7,9-10,15H,8,13H2,1H3. The van der Waals surface area contributed by atoms with Crippen LogP contribution in [0.25, 0.3) is 0 Å². The zero-order valence-corrected chi connectivity index (χ0v) is 9.30. The van der Waals surface area contributed by atoms with Crippen molar-refractivity contribution in [3.05, 3.63) is 43.0 Å². The molecule has 0 spiro atoms. The van der Waals surface area contributed by atoms with Crippen molar-refractivity contribution >= 4 is 11.4 Å². The van der Waals surface area contributed by atoms with Crippen LogP contribution in [0.1, 0.15) is 6.92 Å². The Morgan fingerprint density at radius 1 is 1.50 bits per heavy atom. The summed E-state index contributed by atoms with van der Waals surface area (Å²) in [6.07, 6.45) is 5.56. The first-order valence-corrected chi connectivity index (χ1v) is 5.32. The van der Waals surface area contributed by atoms with Crippen LogP contribution in [0.2, 0.25) is 0 Å². The van der Waals surface area contributed by atoms with Crippen LogP contribution < -0.4 is 11.1 Å². The predicted molar refractivity (Wildman–Crippen MR) is 66.2 cm³/mol. The molecule has 84 valence electrons. The van der Waals surface area contributed by atoms with Crippen molar-refractivity contribution in [1.82, 2.24) is 9.55 Å². The highest BCUT2D eigenvalue weighted by atomic mass is 15.1. The highest BCUT2D eigenvalue weighted by Gasteiger charge is 2.02. The van der Waals surface area contributed by atoms with Crippen molar-refractivity contribution in [3.63, 3.8) is 0 Å². The summed E-state index contributed by atoms with van der Waals surface area (Å²) in [5.41, 5.74) is 7.54. The van der Waals surface area contributed by atoms with Gasteiger partial charge in [-0.3, -0.25) is 0 Å². The van der Waals surface area contributed by atoms with Gasteiger partial charge in [-0.05, 0) is 25.1 Å². The zero-order chi connectivity index (χ0) is 11.4. The van der Waals surface area contributed by atoms with E-state index in [-0.39, 0.29) is 0 Å². The summed E-state index contributed by atoms with van der Waals surface area (Å²) in [5.74, 6) is 0. The molecule has 1 unspecified atom stereocenters. The summed E-state index contributed by atoms with van der Waals surface area (Å²) >= 11 is 0. The number of hydrogen-bond acceptors (Lipinski definition) is 3. The van der Waals surface area contributed by atoms with Gasteiger partial charge in [0.1, 0.15) is 0 Å². The summed E-state index contributed by atoms with van der Waals surface area (Å²) in [6, 6.07) is 8.11. The molecule has 0 bridgehead atoms. The second-order valence-electron chi connectivity index (χ2n) is 3.93. The maximum absolute atomic E-state index is 5.72. The van der Waals surface area contributed by atoms with E-state index in [9.17, 15) is 0 Å². The van der Waals surface area contributed by atoms with E-state index in [0.717, 1.165) is 17.9 Å². The van der Waals surface area contributed by atoms with Gasteiger partial charge in [-0.15, -0.1) is 0 Å². The van der Waals surface area contributed by atoms with Gasteiger partial charge in [0.15, 0.2) is 0 Å². The van der Waals surface area contributed by atoms with Crippen LogP contribution >= 0.6 is 0 Å². The van der Waals surface area contributed by atoms with Crippen molar-refractivity contribution in [2.24, 2.45) is 0 Å². The lowest BCUT2D eigenvalue weighted by molar-refractivity contribution is 0.619. The minimum Gasteiger partial charge on any atom is -0.399 e. The normalized spacial score (nSPS) is 12.3. The van der Waals surface area contributed by atoms with Crippen LogP contribution in [0, 0.1) is 0 Å². The molecule has 1 heterocycles. The second-order valence-corrected chi connectivity index (χ2v) is 3.93. The van der Waals surface area contributed by atoms with E-state index in [1.807, 2.05) is 41.4 Å². The quantitative estimate of drug-likeness (QED) is 0.768. The van der Waals surface area contributed by atoms with E-state index in [2.05, 4.69) is 17.2 Å². The van der Waals surface area contributed by atoms with Crippen LogP contribution in [-0.2, 0) is 6.54 Å².